The van der Waals surface area contributed by atoms with Crippen molar-refractivity contribution in [2.45, 2.75) is 32.2 Å². The Labute approximate surface area is 155 Å². The molecule has 1 aliphatic heterocycles. The number of carbonyl (C=O) groups excluding carboxylic acids is 1. The molecule has 1 saturated heterocycles. The molecule has 1 aliphatic rings. The lowest BCUT2D eigenvalue weighted by atomic mass is 9.96. The van der Waals surface area contributed by atoms with Gasteiger partial charge in [-0.25, -0.2) is 4.98 Å². The van der Waals surface area contributed by atoms with Crippen molar-refractivity contribution in [3.8, 4) is 0 Å². The number of nitrogens with zero attached hydrogens (tertiary/aromatic N) is 6. The molecule has 0 bridgehead atoms. The van der Waals surface area contributed by atoms with Crippen LogP contribution in [0.2, 0.25) is 0 Å². The number of amides is 1. The number of carbonyl (C=O) groups is 1. The number of imidazole rings is 1. The second-order valence-corrected chi connectivity index (χ2v) is 7.30. The van der Waals surface area contributed by atoms with Gasteiger partial charge in [0.1, 0.15) is 10.7 Å². The first-order valence-electron chi connectivity index (χ1n) is 8.70. The standard InChI is InChI=1S/C18H20N6OS/c1-13-16(26-22-21-13)18(25)24-9-2-3-15(12-24)17-20-8-10-23(17)11-14-4-6-19-7-5-14/h4-8,10,15H,2-3,9,11-12H2,1H3/t15-/m1/s1. The number of hydrogen-bond acceptors (Lipinski definition) is 6. The molecule has 8 heteroatoms. The summed E-state index contributed by atoms with van der Waals surface area (Å²) in [5.74, 6) is 1.32. The molecule has 0 aromatic carbocycles. The van der Waals surface area contributed by atoms with Crippen molar-refractivity contribution in [2.75, 3.05) is 13.1 Å². The molecule has 0 aliphatic carbocycles. The van der Waals surface area contributed by atoms with Crippen LogP contribution in [-0.4, -0.2) is 48.0 Å². The van der Waals surface area contributed by atoms with Crippen LogP contribution in [0.4, 0.5) is 0 Å². The fourth-order valence-electron chi connectivity index (χ4n) is 3.44. The summed E-state index contributed by atoms with van der Waals surface area (Å²) in [6.45, 7) is 4.06. The zero-order chi connectivity index (χ0) is 17.9. The van der Waals surface area contributed by atoms with Crippen molar-refractivity contribution in [2.24, 2.45) is 0 Å². The summed E-state index contributed by atoms with van der Waals surface area (Å²) in [5, 5.41) is 3.96. The van der Waals surface area contributed by atoms with Gasteiger partial charge in [-0.3, -0.25) is 9.78 Å². The summed E-state index contributed by atoms with van der Waals surface area (Å²) >= 11 is 1.18. The number of piperidine rings is 1. The number of aromatic nitrogens is 5. The maximum atomic E-state index is 12.8. The third-order valence-electron chi connectivity index (χ3n) is 4.77. The van der Waals surface area contributed by atoms with Crippen LogP contribution in [0.25, 0.3) is 0 Å². The summed E-state index contributed by atoms with van der Waals surface area (Å²) in [6.07, 6.45) is 9.47. The Hall–Kier alpha value is -2.61. The zero-order valence-electron chi connectivity index (χ0n) is 14.6. The molecule has 7 nitrogen and oxygen atoms in total. The van der Waals surface area contributed by atoms with Crippen molar-refractivity contribution in [3.63, 3.8) is 0 Å². The Bertz CT molecular complexity index is 890. The summed E-state index contributed by atoms with van der Waals surface area (Å²) in [4.78, 5) is 24.0. The van der Waals surface area contributed by atoms with Crippen molar-refractivity contribution in [1.82, 2.24) is 29.0 Å². The van der Waals surface area contributed by atoms with Crippen LogP contribution in [0.15, 0.2) is 36.9 Å². The average Bonchev–Trinajstić information content (AvgIpc) is 3.31. The highest BCUT2D eigenvalue weighted by atomic mass is 32.1. The van der Waals surface area contributed by atoms with E-state index in [1.54, 1.807) is 12.4 Å². The molecular formula is C18H20N6OS. The first kappa shape index (κ1) is 16.8. The molecule has 3 aromatic heterocycles. The molecule has 4 heterocycles. The molecule has 0 saturated carbocycles. The Morgan fingerprint density at radius 1 is 1.31 bits per heavy atom. The van der Waals surface area contributed by atoms with Crippen LogP contribution >= 0.6 is 11.5 Å². The van der Waals surface area contributed by atoms with Gasteiger partial charge in [-0.2, -0.15) is 0 Å². The van der Waals surface area contributed by atoms with Gasteiger partial charge in [0.25, 0.3) is 5.91 Å². The van der Waals surface area contributed by atoms with Crippen LogP contribution < -0.4 is 0 Å². The van der Waals surface area contributed by atoms with Crippen molar-refractivity contribution in [1.29, 1.82) is 0 Å². The lowest BCUT2D eigenvalue weighted by Crippen LogP contribution is -2.39. The highest BCUT2D eigenvalue weighted by molar-refractivity contribution is 7.07. The number of likely N-dealkylation sites (tertiary alicyclic amines) is 1. The van der Waals surface area contributed by atoms with E-state index in [4.69, 9.17) is 0 Å². The Kier molecular flexibility index (Phi) is 4.75. The summed E-state index contributed by atoms with van der Waals surface area (Å²) in [6, 6.07) is 4.03. The maximum absolute atomic E-state index is 12.8. The second kappa shape index (κ2) is 7.33. The van der Waals surface area contributed by atoms with Gasteiger partial charge in [0.15, 0.2) is 0 Å². The molecule has 1 atom stereocenters. The number of pyridine rings is 1. The third-order valence-corrected chi connectivity index (χ3v) is 5.59. The molecule has 0 unspecified atom stereocenters. The van der Waals surface area contributed by atoms with Crippen LogP contribution in [0.1, 0.15) is 45.5 Å². The van der Waals surface area contributed by atoms with E-state index in [1.165, 1.54) is 17.1 Å². The minimum absolute atomic E-state index is 0.0365. The van der Waals surface area contributed by atoms with E-state index < -0.39 is 0 Å². The van der Waals surface area contributed by atoms with Gasteiger partial charge in [-0.05, 0) is 49.0 Å². The highest BCUT2D eigenvalue weighted by Gasteiger charge is 2.29. The van der Waals surface area contributed by atoms with Crippen LogP contribution in [-0.2, 0) is 6.54 Å². The minimum Gasteiger partial charge on any atom is -0.337 e. The largest absolute Gasteiger partial charge is 0.337 e. The second-order valence-electron chi connectivity index (χ2n) is 6.55. The Morgan fingerprint density at radius 2 is 2.15 bits per heavy atom. The molecule has 0 radical (unpaired) electrons. The molecular weight excluding hydrogens is 348 g/mol. The first-order valence-corrected chi connectivity index (χ1v) is 9.48. The lowest BCUT2D eigenvalue weighted by molar-refractivity contribution is 0.0707. The maximum Gasteiger partial charge on any atom is 0.267 e. The summed E-state index contributed by atoms with van der Waals surface area (Å²) in [5.41, 5.74) is 1.90. The molecule has 1 amide bonds. The predicted molar refractivity (Wildman–Crippen MR) is 98.1 cm³/mol. The van der Waals surface area contributed by atoms with E-state index >= 15 is 0 Å². The van der Waals surface area contributed by atoms with Crippen molar-refractivity contribution in [3.05, 3.63) is 58.9 Å². The number of aryl methyl sites for hydroxylation is 1. The predicted octanol–water partition coefficient (Wildman–Crippen LogP) is 2.51. The van der Waals surface area contributed by atoms with Crippen molar-refractivity contribution < 1.29 is 4.79 Å². The monoisotopic (exact) mass is 368 g/mol. The molecule has 134 valence electrons. The normalized spacial score (nSPS) is 17.4. The van der Waals surface area contributed by atoms with Gasteiger partial charge in [-0.15, -0.1) is 5.10 Å². The van der Waals surface area contributed by atoms with Crippen LogP contribution in [0.5, 0.6) is 0 Å². The van der Waals surface area contributed by atoms with Gasteiger partial charge >= 0.3 is 0 Å². The van der Waals surface area contributed by atoms with Gasteiger partial charge in [0.05, 0.1) is 5.69 Å². The van der Waals surface area contributed by atoms with E-state index in [9.17, 15) is 4.79 Å². The highest BCUT2D eigenvalue weighted by Crippen LogP contribution is 2.28. The van der Waals surface area contributed by atoms with Gasteiger partial charge in [0.2, 0.25) is 0 Å². The van der Waals surface area contributed by atoms with Crippen LogP contribution in [0, 0.1) is 6.92 Å². The van der Waals surface area contributed by atoms with Crippen LogP contribution in [0.3, 0.4) is 0 Å². The molecule has 4 rings (SSSR count). The molecule has 1 fully saturated rings. The molecule has 3 aromatic rings. The lowest BCUT2D eigenvalue weighted by Gasteiger charge is -2.32. The van der Waals surface area contributed by atoms with E-state index in [2.05, 4.69) is 24.1 Å². The average molecular weight is 368 g/mol. The smallest absolute Gasteiger partial charge is 0.267 e. The molecule has 26 heavy (non-hydrogen) atoms. The van der Waals surface area contributed by atoms with Crippen molar-refractivity contribution >= 4 is 17.4 Å². The molecule has 0 spiro atoms. The molecule has 0 N–H and O–H groups in total. The SMILES string of the molecule is Cc1nnsc1C(=O)N1CCC[C@@H](c2nccn2Cc2ccncc2)C1. The summed E-state index contributed by atoms with van der Waals surface area (Å²) in [7, 11) is 0. The van der Waals surface area contributed by atoms with E-state index in [0.717, 1.165) is 31.8 Å². The zero-order valence-corrected chi connectivity index (χ0v) is 15.4. The minimum atomic E-state index is 0.0365. The van der Waals surface area contributed by atoms with E-state index in [0.29, 0.717) is 17.1 Å². The fraction of sp³-hybridized carbons (Fsp3) is 0.389. The summed E-state index contributed by atoms with van der Waals surface area (Å²) < 4.78 is 6.06. The van der Waals surface area contributed by atoms with Gasteiger partial charge < -0.3 is 9.47 Å². The first-order chi connectivity index (χ1) is 12.7. The van der Waals surface area contributed by atoms with E-state index in [1.807, 2.05) is 36.4 Å². The van der Waals surface area contributed by atoms with Gasteiger partial charge in [0, 0.05) is 50.3 Å². The number of hydrogen-bond donors (Lipinski definition) is 0. The Balaban J connectivity index is 1.51. The van der Waals surface area contributed by atoms with Gasteiger partial charge in [-0.1, -0.05) is 4.49 Å². The Morgan fingerprint density at radius 3 is 2.92 bits per heavy atom. The fourth-order valence-corrected chi connectivity index (χ4v) is 4.07. The third kappa shape index (κ3) is 3.37. The number of rotatable bonds is 4. The quantitative estimate of drug-likeness (QED) is 0.707. The topological polar surface area (TPSA) is 76.8 Å². The van der Waals surface area contributed by atoms with E-state index in [-0.39, 0.29) is 11.8 Å².